The van der Waals surface area contributed by atoms with Crippen molar-refractivity contribution in [2.45, 2.75) is 32.6 Å². The third-order valence-electron chi connectivity index (χ3n) is 2.81. The van der Waals surface area contributed by atoms with Crippen molar-refractivity contribution in [3.8, 4) is 0 Å². The molecule has 1 amide bonds. The number of rotatable bonds is 6. The Labute approximate surface area is 117 Å². The fourth-order valence-electron chi connectivity index (χ4n) is 1.66. The van der Waals surface area contributed by atoms with Crippen LogP contribution in [0.25, 0.3) is 0 Å². The number of carbonyl (C=O) groups is 2. The van der Waals surface area contributed by atoms with Crippen molar-refractivity contribution in [3.63, 3.8) is 0 Å². The van der Waals surface area contributed by atoms with Crippen LogP contribution in [0.3, 0.4) is 0 Å². The molecule has 0 aromatic heterocycles. The molecule has 0 aliphatic carbocycles. The Bertz CT molecular complexity index is 446. The SMILES string of the molecule is CC(C)[C@H](NC(=O)OCc1ccccc1)C(O)C(=O)O. The van der Waals surface area contributed by atoms with Gasteiger partial charge < -0.3 is 20.3 Å². The maximum Gasteiger partial charge on any atom is 0.407 e. The van der Waals surface area contributed by atoms with Crippen LogP contribution in [0.4, 0.5) is 4.79 Å². The Morgan fingerprint density at radius 3 is 2.35 bits per heavy atom. The lowest BCUT2D eigenvalue weighted by molar-refractivity contribution is -0.148. The Balaban J connectivity index is 2.52. The molecule has 0 bridgehead atoms. The van der Waals surface area contributed by atoms with Crippen LogP contribution in [0.5, 0.6) is 0 Å². The molecule has 0 aliphatic heterocycles. The highest BCUT2D eigenvalue weighted by molar-refractivity contribution is 5.75. The molecule has 2 atom stereocenters. The van der Waals surface area contributed by atoms with E-state index in [2.05, 4.69) is 5.32 Å². The monoisotopic (exact) mass is 281 g/mol. The Morgan fingerprint density at radius 2 is 1.85 bits per heavy atom. The van der Waals surface area contributed by atoms with Gasteiger partial charge in [0, 0.05) is 0 Å². The fraction of sp³-hybridized carbons (Fsp3) is 0.429. The summed E-state index contributed by atoms with van der Waals surface area (Å²) >= 11 is 0. The van der Waals surface area contributed by atoms with Crippen LogP contribution in [0, 0.1) is 5.92 Å². The van der Waals surface area contributed by atoms with E-state index < -0.39 is 24.2 Å². The number of carboxylic acids is 1. The van der Waals surface area contributed by atoms with Gasteiger partial charge in [0.2, 0.25) is 0 Å². The van der Waals surface area contributed by atoms with Crippen LogP contribution in [0.15, 0.2) is 30.3 Å². The van der Waals surface area contributed by atoms with Crippen LogP contribution in [-0.2, 0) is 16.1 Å². The molecule has 110 valence electrons. The van der Waals surface area contributed by atoms with Gasteiger partial charge in [0.1, 0.15) is 6.61 Å². The van der Waals surface area contributed by atoms with Crippen LogP contribution in [-0.4, -0.2) is 34.4 Å². The molecule has 1 rings (SSSR count). The van der Waals surface area contributed by atoms with E-state index in [1.54, 1.807) is 26.0 Å². The minimum Gasteiger partial charge on any atom is -0.479 e. The second-order valence-corrected chi connectivity index (χ2v) is 4.76. The van der Waals surface area contributed by atoms with Crippen molar-refractivity contribution in [2.24, 2.45) is 5.92 Å². The zero-order valence-corrected chi connectivity index (χ0v) is 11.4. The number of aliphatic hydroxyl groups excluding tert-OH is 1. The van der Waals surface area contributed by atoms with Crippen molar-refractivity contribution in [1.29, 1.82) is 0 Å². The maximum absolute atomic E-state index is 11.6. The van der Waals surface area contributed by atoms with Crippen LogP contribution < -0.4 is 5.32 Å². The molecule has 6 heteroatoms. The smallest absolute Gasteiger partial charge is 0.407 e. The largest absolute Gasteiger partial charge is 0.479 e. The van der Waals surface area contributed by atoms with E-state index >= 15 is 0 Å². The summed E-state index contributed by atoms with van der Waals surface area (Å²) in [5, 5.41) is 20.7. The van der Waals surface area contributed by atoms with Crippen LogP contribution in [0.2, 0.25) is 0 Å². The predicted octanol–water partition coefficient (Wildman–Crippen LogP) is 1.38. The van der Waals surface area contributed by atoms with E-state index in [1.807, 2.05) is 18.2 Å². The molecular formula is C14H19NO5. The first-order chi connectivity index (χ1) is 9.41. The molecule has 1 aromatic rings. The van der Waals surface area contributed by atoms with Crippen molar-refractivity contribution >= 4 is 12.1 Å². The molecule has 0 spiro atoms. The van der Waals surface area contributed by atoms with E-state index in [-0.39, 0.29) is 12.5 Å². The van der Waals surface area contributed by atoms with Gasteiger partial charge in [-0.15, -0.1) is 0 Å². The van der Waals surface area contributed by atoms with Crippen LogP contribution >= 0.6 is 0 Å². The third kappa shape index (κ3) is 4.89. The van der Waals surface area contributed by atoms with E-state index in [4.69, 9.17) is 9.84 Å². The molecular weight excluding hydrogens is 262 g/mol. The molecule has 0 fully saturated rings. The number of aliphatic hydroxyl groups is 1. The molecule has 3 N–H and O–H groups in total. The number of amides is 1. The lowest BCUT2D eigenvalue weighted by Gasteiger charge is -2.24. The lowest BCUT2D eigenvalue weighted by atomic mass is 9.99. The summed E-state index contributed by atoms with van der Waals surface area (Å²) in [6, 6.07) is 8.19. The van der Waals surface area contributed by atoms with E-state index in [0.29, 0.717) is 0 Å². The number of hydrogen-bond donors (Lipinski definition) is 3. The molecule has 0 aliphatic rings. The van der Waals surface area contributed by atoms with Gasteiger partial charge in [0.05, 0.1) is 6.04 Å². The van der Waals surface area contributed by atoms with Crippen molar-refractivity contribution < 1.29 is 24.5 Å². The number of alkyl carbamates (subject to hydrolysis) is 1. The average Bonchev–Trinajstić information content (AvgIpc) is 2.42. The summed E-state index contributed by atoms with van der Waals surface area (Å²) in [4.78, 5) is 22.4. The van der Waals surface area contributed by atoms with Crippen molar-refractivity contribution in [3.05, 3.63) is 35.9 Å². The second kappa shape index (κ2) is 7.49. The van der Waals surface area contributed by atoms with E-state index in [9.17, 15) is 14.7 Å². The third-order valence-corrected chi connectivity index (χ3v) is 2.81. The van der Waals surface area contributed by atoms with Gasteiger partial charge in [-0.05, 0) is 11.5 Å². The zero-order chi connectivity index (χ0) is 15.1. The molecule has 0 heterocycles. The summed E-state index contributed by atoms with van der Waals surface area (Å²) in [6.45, 7) is 3.49. The van der Waals surface area contributed by atoms with Crippen molar-refractivity contribution in [1.82, 2.24) is 5.32 Å². The maximum atomic E-state index is 11.6. The first-order valence-corrected chi connectivity index (χ1v) is 6.30. The topological polar surface area (TPSA) is 95.9 Å². The quantitative estimate of drug-likeness (QED) is 0.732. The molecule has 6 nitrogen and oxygen atoms in total. The fourth-order valence-corrected chi connectivity index (χ4v) is 1.66. The summed E-state index contributed by atoms with van der Waals surface area (Å²) in [7, 11) is 0. The first-order valence-electron chi connectivity index (χ1n) is 6.30. The van der Waals surface area contributed by atoms with Gasteiger partial charge in [0.25, 0.3) is 0 Å². The summed E-state index contributed by atoms with van der Waals surface area (Å²) < 4.78 is 4.98. The summed E-state index contributed by atoms with van der Waals surface area (Å²) in [6.07, 6.45) is -2.42. The second-order valence-electron chi connectivity index (χ2n) is 4.76. The van der Waals surface area contributed by atoms with Gasteiger partial charge in [-0.25, -0.2) is 9.59 Å². The predicted molar refractivity (Wildman–Crippen MR) is 72.0 cm³/mol. The van der Waals surface area contributed by atoms with Gasteiger partial charge in [0.15, 0.2) is 6.10 Å². The Kier molecular flexibility index (Phi) is 5.99. The number of carbonyl (C=O) groups excluding carboxylic acids is 1. The number of hydrogen-bond acceptors (Lipinski definition) is 4. The minimum absolute atomic E-state index is 0.0840. The molecule has 1 aromatic carbocycles. The molecule has 0 saturated heterocycles. The minimum atomic E-state index is -1.67. The summed E-state index contributed by atoms with van der Waals surface area (Å²) in [5.41, 5.74) is 0.822. The molecule has 0 radical (unpaired) electrons. The number of aliphatic carboxylic acids is 1. The van der Waals surface area contributed by atoms with Gasteiger partial charge in [-0.1, -0.05) is 44.2 Å². The zero-order valence-electron chi connectivity index (χ0n) is 11.4. The van der Waals surface area contributed by atoms with Gasteiger partial charge in [-0.3, -0.25) is 0 Å². The number of nitrogens with one attached hydrogen (secondary N) is 1. The molecule has 0 saturated carbocycles. The number of benzene rings is 1. The number of ether oxygens (including phenoxy) is 1. The summed E-state index contributed by atoms with van der Waals surface area (Å²) in [5.74, 6) is -1.63. The van der Waals surface area contributed by atoms with Gasteiger partial charge >= 0.3 is 12.1 Å². The van der Waals surface area contributed by atoms with Crippen LogP contribution in [0.1, 0.15) is 19.4 Å². The van der Waals surface area contributed by atoms with Gasteiger partial charge in [-0.2, -0.15) is 0 Å². The lowest BCUT2D eigenvalue weighted by Crippen LogP contribution is -2.50. The van der Waals surface area contributed by atoms with Crippen molar-refractivity contribution in [2.75, 3.05) is 0 Å². The Hall–Kier alpha value is -2.08. The normalized spacial score (nSPS) is 13.6. The first kappa shape index (κ1) is 16.0. The molecule has 20 heavy (non-hydrogen) atoms. The highest BCUT2D eigenvalue weighted by Gasteiger charge is 2.30. The average molecular weight is 281 g/mol. The van der Waals surface area contributed by atoms with E-state index in [1.165, 1.54) is 0 Å². The Morgan fingerprint density at radius 1 is 1.25 bits per heavy atom. The molecule has 1 unspecified atom stereocenters. The highest BCUT2D eigenvalue weighted by Crippen LogP contribution is 2.08. The number of carboxylic acid groups (broad SMARTS) is 1. The van der Waals surface area contributed by atoms with E-state index in [0.717, 1.165) is 5.56 Å². The standard InChI is InChI=1S/C14H19NO5/c1-9(2)11(12(16)13(17)18)15-14(19)20-8-10-6-4-3-5-7-10/h3-7,9,11-12,16H,8H2,1-2H3,(H,15,19)(H,17,18)/t11-,12?/m0/s1. The highest BCUT2D eigenvalue weighted by atomic mass is 16.5.